The first-order valence-electron chi connectivity index (χ1n) is 9.47. The van der Waals surface area contributed by atoms with E-state index in [0.717, 1.165) is 22.7 Å². The van der Waals surface area contributed by atoms with Crippen LogP contribution >= 0.6 is 11.3 Å². The van der Waals surface area contributed by atoms with Gasteiger partial charge < -0.3 is 9.80 Å². The summed E-state index contributed by atoms with van der Waals surface area (Å²) in [6.07, 6.45) is 1.74. The van der Waals surface area contributed by atoms with Crippen molar-refractivity contribution in [1.29, 1.82) is 0 Å². The maximum Gasteiger partial charge on any atom is 0.250 e. The SMILES string of the molecule is O=C(CNS(=O)(=O)c1cccs1)N1CCN(c2ccnc(-c3ccccc3)n2)CC1. The first kappa shape index (κ1) is 20.5. The smallest absolute Gasteiger partial charge is 0.250 e. The number of carbonyl (C=O) groups excluding carboxylic acids is 1. The summed E-state index contributed by atoms with van der Waals surface area (Å²) in [4.78, 5) is 25.2. The molecule has 1 saturated heterocycles. The molecule has 0 aliphatic carbocycles. The molecule has 30 heavy (non-hydrogen) atoms. The molecule has 1 N–H and O–H groups in total. The number of aromatic nitrogens is 2. The van der Waals surface area contributed by atoms with Gasteiger partial charge in [-0.2, -0.15) is 0 Å². The Kier molecular flexibility index (Phi) is 6.07. The van der Waals surface area contributed by atoms with Gasteiger partial charge >= 0.3 is 0 Å². The molecular weight excluding hydrogens is 422 g/mol. The molecular formula is C20H21N5O3S2. The van der Waals surface area contributed by atoms with Gasteiger partial charge in [0.25, 0.3) is 10.0 Å². The van der Waals surface area contributed by atoms with E-state index in [1.165, 1.54) is 6.07 Å². The molecule has 4 rings (SSSR count). The van der Waals surface area contributed by atoms with Gasteiger partial charge in [0.2, 0.25) is 5.91 Å². The molecule has 3 aromatic rings. The van der Waals surface area contributed by atoms with Gasteiger partial charge in [-0.25, -0.2) is 23.1 Å². The highest BCUT2D eigenvalue weighted by atomic mass is 32.2. The fraction of sp³-hybridized carbons (Fsp3) is 0.250. The van der Waals surface area contributed by atoms with Gasteiger partial charge in [0.05, 0.1) is 6.54 Å². The average molecular weight is 444 g/mol. The number of thiophene rings is 1. The molecule has 1 amide bonds. The molecule has 3 heterocycles. The van der Waals surface area contributed by atoms with E-state index in [1.54, 1.807) is 22.5 Å². The number of amides is 1. The Balaban J connectivity index is 1.33. The van der Waals surface area contributed by atoms with Gasteiger partial charge in [0.1, 0.15) is 10.0 Å². The third-order valence-electron chi connectivity index (χ3n) is 4.80. The van der Waals surface area contributed by atoms with Crippen molar-refractivity contribution >= 4 is 33.1 Å². The molecule has 1 fully saturated rings. The Morgan fingerprint density at radius 1 is 1.03 bits per heavy atom. The highest BCUT2D eigenvalue weighted by molar-refractivity contribution is 7.91. The molecule has 0 saturated carbocycles. The maximum atomic E-state index is 12.5. The Morgan fingerprint density at radius 3 is 2.50 bits per heavy atom. The lowest BCUT2D eigenvalue weighted by Gasteiger charge is -2.35. The molecule has 0 radical (unpaired) electrons. The van der Waals surface area contributed by atoms with Crippen LogP contribution in [0.3, 0.4) is 0 Å². The summed E-state index contributed by atoms with van der Waals surface area (Å²) in [7, 11) is -3.64. The molecule has 0 bridgehead atoms. The zero-order chi connectivity index (χ0) is 21.0. The predicted molar refractivity (Wildman–Crippen MR) is 116 cm³/mol. The minimum Gasteiger partial charge on any atom is -0.353 e. The Morgan fingerprint density at radius 2 is 1.80 bits per heavy atom. The number of anilines is 1. The number of benzene rings is 1. The van der Waals surface area contributed by atoms with Crippen molar-refractivity contribution in [3.05, 3.63) is 60.1 Å². The Labute approximate surface area is 179 Å². The lowest BCUT2D eigenvalue weighted by atomic mass is 10.2. The molecule has 0 unspecified atom stereocenters. The highest BCUT2D eigenvalue weighted by Gasteiger charge is 2.24. The normalized spacial score (nSPS) is 14.7. The summed E-state index contributed by atoms with van der Waals surface area (Å²) in [5.74, 6) is 1.24. The van der Waals surface area contributed by atoms with E-state index >= 15 is 0 Å². The summed E-state index contributed by atoms with van der Waals surface area (Å²) in [5.41, 5.74) is 0.950. The van der Waals surface area contributed by atoms with Crippen molar-refractivity contribution in [3.63, 3.8) is 0 Å². The number of hydrogen-bond donors (Lipinski definition) is 1. The first-order valence-corrected chi connectivity index (χ1v) is 11.8. The molecule has 0 atom stereocenters. The van der Waals surface area contributed by atoms with Crippen LogP contribution in [0.15, 0.2) is 64.3 Å². The zero-order valence-electron chi connectivity index (χ0n) is 16.1. The van der Waals surface area contributed by atoms with Gasteiger partial charge in [0.15, 0.2) is 5.82 Å². The van der Waals surface area contributed by atoms with Crippen LogP contribution < -0.4 is 9.62 Å². The van der Waals surface area contributed by atoms with Crippen molar-refractivity contribution in [2.75, 3.05) is 37.6 Å². The van der Waals surface area contributed by atoms with Crippen LogP contribution in [0.5, 0.6) is 0 Å². The van der Waals surface area contributed by atoms with E-state index in [4.69, 9.17) is 0 Å². The maximum absolute atomic E-state index is 12.5. The number of sulfonamides is 1. The zero-order valence-corrected chi connectivity index (χ0v) is 17.8. The van der Waals surface area contributed by atoms with Crippen LogP contribution in [0, 0.1) is 0 Å². The number of rotatable bonds is 6. The van der Waals surface area contributed by atoms with Crippen LogP contribution in [0.4, 0.5) is 5.82 Å². The fourth-order valence-corrected chi connectivity index (χ4v) is 5.20. The van der Waals surface area contributed by atoms with Gasteiger partial charge in [-0.1, -0.05) is 36.4 Å². The van der Waals surface area contributed by atoms with Crippen LogP contribution in [0.1, 0.15) is 0 Å². The molecule has 10 heteroatoms. The third kappa shape index (κ3) is 4.66. The van der Waals surface area contributed by atoms with E-state index in [9.17, 15) is 13.2 Å². The van der Waals surface area contributed by atoms with E-state index in [2.05, 4.69) is 19.6 Å². The summed E-state index contributed by atoms with van der Waals surface area (Å²) >= 11 is 1.12. The second-order valence-electron chi connectivity index (χ2n) is 6.73. The number of hydrogen-bond acceptors (Lipinski definition) is 7. The highest BCUT2D eigenvalue weighted by Crippen LogP contribution is 2.19. The van der Waals surface area contributed by atoms with Gasteiger partial charge in [0, 0.05) is 37.9 Å². The topological polar surface area (TPSA) is 95.5 Å². The molecule has 1 aliphatic rings. The largest absolute Gasteiger partial charge is 0.353 e. The first-order chi connectivity index (χ1) is 14.5. The standard InChI is InChI=1S/C20H21N5O3S2/c26-18(15-22-30(27,28)19-7-4-14-29-19)25-12-10-24(11-13-25)17-8-9-21-20(23-17)16-5-2-1-3-6-16/h1-9,14,22H,10-13,15H2. The molecule has 1 aliphatic heterocycles. The fourth-order valence-electron chi connectivity index (χ4n) is 3.19. The number of nitrogens with zero attached hydrogens (tertiary/aromatic N) is 4. The number of piperazine rings is 1. The van der Waals surface area contributed by atoms with E-state index in [1.807, 2.05) is 36.4 Å². The lowest BCUT2D eigenvalue weighted by Crippen LogP contribution is -2.51. The second-order valence-corrected chi connectivity index (χ2v) is 9.67. The minimum absolute atomic E-state index is 0.207. The van der Waals surface area contributed by atoms with Crippen LogP contribution in [0.2, 0.25) is 0 Å². The van der Waals surface area contributed by atoms with E-state index in [-0.39, 0.29) is 16.7 Å². The lowest BCUT2D eigenvalue weighted by molar-refractivity contribution is -0.130. The van der Waals surface area contributed by atoms with Crippen molar-refractivity contribution in [1.82, 2.24) is 19.6 Å². The van der Waals surface area contributed by atoms with Crippen LogP contribution in [-0.2, 0) is 14.8 Å². The van der Waals surface area contributed by atoms with Gasteiger partial charge in [-0.05, 0) is 17.5 Å². The van der Waals surface area contributed by atoms with E-state index in [0.29, 0.717) is 32.0 Å². The van der Waals surface area contributed by atoms with Crippen LogP contribution in [0.25, 0.3) is 11.4 Å². The predicted octanol–water partition coefficient (Wildman–Crippen LogP) is 1.83. The monoisotopic (exact) mass is 443 g/mol. The van der Waals surface area contributed by atoms with Gasteiger partial charge in [-0.15, -0.1) is 11.3 Å². The quantitative estimate of drug-likeness (QED) is 0.625. The van der Waals surface area contributed by atoms with Gasteiger partial charge in [-0.3, -0.25) is 4.79 Å². The molecule has 0 spiro atoms. The van der Waals surface area contributed by atoms with Crippen molar-refractivity contribution in [2.24, 2.45) is 0 Å². The molecule has 8 nitrogen and oxygen atoms in total. The third-order valence-corrected chi connectivity index (χ3v) is 7.60. The summed E-state index contributed by atoms with van der Waals surface area (Å²) < 4.78 is 26.9. The molecule has 1 aromatic carbocycles. The summed E-state index contributed by atoms with van der Waals surface area (Å²) in [5, 5.41) is 1.69. The average Bonchev–Trinajstić information content (AvgIpc) is 3.35. The Bertz CT molecular complexity index is 1100. The molecule has 2 aromatic heterocycles. The minimum atomic E-state index is -3.64. The number of carbonyl (C=O) groups is 1. The summed E-state index contributed by atoms with van der Waals surface area (Å²) in [6.45, 7) is 2.00. The number of nitrogens with one attached hydrogen (secondary N) is 1. The summed E-state index contributed by atoms with van der Waals surface area (Å²) in [6, 6.07) is 14.8. The Hall–Kier alpha value is -2.82. The van der Waals surface area contributed by atoms with Crippen LogP contribution in [-0.4, -0.2) is 61.9 Å². The van der Waals surface area contributed by atoms with Crippen molar-refractivity contribution in [3.8, 4) is 11.4 Å². The second kappa shape index (κ2) is 8.90. The van der Waals surface area contributed by atoms with Crippen molar-refractivity contribution < 1.29 is 13.2 Å². The molecule has 156 valence electrons. The van der Waals surface area contributed by atoms with Crippen molar-refractivity contribution in [2.45, 2.75) is 4.21 Å². The van der Waals surface area contributed by atoms with E-state index < -0.39 is 10.0 Å².